The number of halogens is 4. The fourth-order valence-corrected chi connectivity index (χ4v) is 9.65. The van der Waals surface area contributed by atoms with E-state index in [9.17, 15) is 17.6 Å². The summed E-state index contributed by atoms with van der Waals surface area (Å²) < 4.78 is 112. The second kappa shape index (κ2) is 19.4. The molecule has 0 aliphatic rings. The first-order chi connectivity index (χ1) is 37.2. The van der Waals surface area contributed by atoms with Gasteiger partial charge in [0.25, 0.3) is 0 Å². The smallest absolute Gasteiger partial charge is 0.381 e. The van der Waals surface area contributed by atoms with Crippen molar-refractivity contribution in [2.24, 2.45) is 0 Å². The number of furan rings is 1. The van der Waals surface area contributed by atoms with E-state index in [1.807, 2.05) is 24.3 Å². The van der Waals surface area contributed by atoms with E-state index in [4.69, 9.17) is 17.6 Å². The molecule has 0 saturated heterocycles. The predicted molar refractivity (Wildman–Crippen MR) is 284 cm³/mol. The Morgan fingerprint density at radius 2 is 1.18 bits per heavy atom. The zero-order valence-electron chi connectivity index (χ0n) is 45.9. The number of benzene rings is 9. The number of aromatic nitrogens is 4. The van der Waals surface area contributed by atoms with Crippen molar-refractivity contribution in [3.05, 3.63) is 216 Å². The number of imidazole rings is 2. The molecule has 0 bridgehead atoms. The number of fused-ring (bicyclic) bond motifs is 7. The van der Waals surface area contributed by atoms with E-state index in [0.29, 0.717) is 22.2 Å². The summed E-state index contributed by atoms with van der Waals surface area (Å²) in [6.07, 6.45) is -4.56. The van der Waals surface area contributed by atoms with Crippen LogP contribution in [0.3, 0.4) is 0 Å². The van der Waals surface area contributed by atoms with E-state index in [1.165, 1.54) is 57.2 Å². The average molecular weight is 1150 g/mol. The molecule has 5 nitrogen and oxygen atoms in total. The van der Waals surface area contributed by atoms with Gasteiger partial charge in [0, 0.05) is 50.5 Å². The van der Waals surface area contributed by atoms with Gasteiger partial charge < -0.3 is 13.6 Å². The average Bonchev–Trinajstić information content (AvgIpc) is 4.36. The van der Waals surface area contributed by atoms with Crippen molar-refractivity contribution in [2.45, 2.75) is 59.4 Å². The molecule has 0 saturated carbocycles. The maximum atomic E-state index is 14.4. The van der Waals surface area contributed by atoms with Crippen molar-refractivity contribution in [3.63, 3.8) is 0 Å². The zero-order valence-corrected chi connectivity index (χ0v) is 42.3. The molecule has 0 spiro atoms. The Morgan fingerprint density at radius 3 is 1.79 bits per heavy atom. The SMILES string of the molecule is CC(C)c1cc(-c2ccccc2)cc(C(C)C)c1-n1c(-c2[c-]ccc3c2oc2c4cc(F)ccc4ccc32)nc2ccccc21.[2H]C([2H])([2H])c1cccc(C([2H])([2H])[2H])c1-n1c(-c2[c-]cc(C(F)(F)F)cc2)nc2ccccc21.[Ir]. The summed E-state index contributed by atoms with van der Waals surface area (Å²) in [6.45, 7) is 3.70. The quantitative estimate of drug-likeness (QED) is 0.118. The Bertz CT molecular complexity index is 4200. The van der Waals surface area contributed by atoms with E-state index < -0.39 is 25.4 Å². The Labute approximate surface area is 442 Å². The first-order valence-corrected chi connectivity index (χ1v) is 23.5. The van der Waals surface area contributed by atoms with Crippen molar-refractivity contribution in [1.29, 1.82) is 0 Å². The Morgan fingerprint density at radius 1 is 0.575 bits per heavy atom. The molecule has 73 heavy (non-hydrogen) atoms. The van der Waals surface area contributed by atoms with Gasteiger partial charge in [-0.1, -0.05) is 130 Å². The van der Waals surface area contributed by atoms with Gasteiger partial charge in [-0.2, -0.15) is 13.2 Å². The molecule has 1 radical (unpaired) electrons. The largest absolute Gasteiger partial charge is 0.500 e. The Hall–Kier alpha value is -7.65. The van der Waals surface area contributed by atoms with Gasteiger partial charge in [-0.25, -0.2) is 4.39 Å². The third kappa shape index (κ3) is 8.83. The molecule has 3 heterocycles. The van der Waals surface area contributed by atoms with Crippen molar-refractivity contribution in [3.8, 4) is 45.3 Å². The van der Waals surface area contributed by atoms with Crippen molar-refractivity contribution in [2.75, 3.05) is 0 Å². The van der Waals surface area contributed by atoms with Crippen LogP contribution >= 0.6 is 0 Å². The van der Waals surface area contributed by atoms with Gasteiger partial charge in [-0.05, 0) is 118 Å². The number of hydrogen-bond acceptors (Lipinski definition) is 3. The summed E-state index contributed by atoms with van der Waals surface area (Å²) in [5, 5.41) is 3.58. The van der Waals surface area contributed by atoms with Crippen LogP contribution in [-0.4, -0.2) is 19.1 Å². The van der Waals surface area contributed by atoms with Crippen LogP contribution in [0.15, 0.2) is 174 Å². The predicted octanol–water partition coefficient (Wildman–Crippen LogP) is 17.7. The summed E-state index contributed by atoms with van der Waals surface area (Å²) in [7, 11) is 0. The van der Waals surface area contributed by atoms with Gasteiger partial charge in [0.1, 0.15) is 11.4 Å². The zero-order chi connectivity index (χ0) is 55.0. The standard InChI is InChI=1S/C41H32FN2O.C22H16F3N2.Ir/c1-24(2)33-21-28(26-11-6-5-7-12-26)22-34(25(3)4)38(33)44-37-16-9-8-15-36(37)43-41(44)32-14-10-13-30-31-20-18-27-17-19-29(42)23-35(27)40(31)45-39(30)32;1-14-6-5-7-15(2)20(14)27-19-9-4-3-8-18(19)26-21(27)16-10-12-17(13-11-16)22(23,24)25;/h5-13,15-25H,1-4H3;3-10,12-13H,1-2H3;/q2*-1;/i;1D3,2D3;. The molecule has 0 atom stereocenters. The van der Waals surface area contributed by atoms with Crippen molar-refractivity contribution < 1.29 is 50.3 Å². The van der Waals surface area contributed by atoms with Crippen LogP contribution in [0.2, 0.25) is 0 Å². The minimum Gasteiger partial charge on any atom is -0.500 e. The molecule has 3 aromatic heterocycles. The second-order valence-corrected chi connectivity index (χ2v) is 18.4. The van der Waals surface area contributed by atoms with E-state index in [2.05, 4.69) is 116 Å². The van der Waals surface area contributed by atoms with Crippen molar-refractivity contribution in [1.82, 2.24) is 19.1 Å². The molecular weight excluding hydrogens is 1100 g/mol. The number of hydrogen-bond donors (Lipinski definition) is 0. The molecule has 0 N–H and O–H groups in total. The monoisotopic (exact) mass is 1150 g/mol. The summed E-state index contributed by atoms with van der Waals surface area (Å²) in [5.41, 5.74) is 9.67. The van der Waals surface area contributed by atoms with Crippen LogP contribution in [0.4, 0.5) is 17.6 Å². The molecule has 0 fully saturated rings. The third-order valence-electron chi connectivity index (χ3n) is 13.1. The summed E-state index contributed by atoms with van der Waals surface area (Å²) >= 11 is 0. The van der Waals surface area contributed by atoms with Crippen molar-refractivity contribution >= 4 is 54.8 Å². The van der Waals surface area contributed by atoms with E-state index in [1.54, 1.807) is 36.4 Å². The first kappa shape index (κ1) is 41.9. The molecular formula is C63H48F4IrN4O-2. The minimum atomic E-state index is -4.56. The topological polar surface area (TPSA) is 48.8 Å². The fourth-order valence-electron chi connectivity index (χ4n) is 9.65. The number of nitrogens with zero attached hydrogens (tertiary/aromatic N) is 4. The Balaban J connectivity index is 0.000000185. The molecule has 0 aliphatic carbocycles. The van der Waals surface area contributed by atoms with Gasteiger partial charge >= 0.3 is 6.18 Å². The van der Waals surface area contributed by atoms with Gasteiger partial charge in [0.15, 0.2) is 0 Å². The fraction of sp³-hybridized carbons (Fsp3) is 0.143. The third-order valence-corrected chi connectivity index (χ3v) is 13.1. The molecule has 0 amide bonds. The second-order valence-electron chi connectivity index (χ2n) is 18.4. The molecule has 12 aromatic rings. The molecule has 365 valence electrons. The minimum absolute atomic E-state index is 0. The van der Waals surface area contributed by atoms with Crippen LogP contribution in [0.1, 0.15) is 75.6 Å². The Kier molecular flexibility index (Phi) is 11.1. The van der Waals surface area contributed by atoms with E-state index in [0.717, 1.165) is 61.8 Å². The summed E-state index contributed by atoms with van der Waals surface area (Å²) in [5.74, 6) is 1.06. The molecule has 12 rings (SSSR count). The maximum absolute atomic E-state index is 14.4. The van der Waals surface area contributed by atoms with Gasteiger partial charge in [-0.15, -0.1) is 48.0 Å². The molecule has 10 heteroatoms. The van der Waals surface area contributed by atoms with Gasteiger partial charge in [-0.3, -0.25) is 9.97 Å². The number of aryl methyl sites for hydroxylation is 2. The number of rotatable bonds is 7. The van der Waals surface area contributed by atoms with Gasteiger partial charge in [0.05, 0.1) is 39.3 Å². The summed E-state index contributed by atoms with van der Waals surface area (Å²) in [4.78, 5) is 9.73. The maximum Gasteiger partial charge on any atom is 0.381 e. The van der Waals surface area contributed by atoms with Crippen LogP contribution < -0.4 is 0 Å². The molecule has 9 aromatic carbocycles. The van der Waals surface area contributed by atoms with Crippen LogP contribution in [0.5, 0.6) is 0 Å². The summed E-state index contributed by atoms with van der Waals surface area (Å²) in [6, 6.07) is 56.0. The van der Waals surface area contributed by atoms with E-state index >= 15 is 0 Å². The first-order valence-electron chi connectivity index (χ1n) is 26.5. The van der Waals surface area contributed by atoms with Crippen LogP contribution in [-0.2, 0) is 26.3 Å². The molecule has 0 unspecified atom stereocenters. The molecule has 0 aliphatic heterocycles. The number of para-hydroxylation sites is 5. The normalized spacial score (nSPS) is 13.4. The number of alkyl halides is 3. The van der Waals surface area contributed by atoms with Crippen LogP contribution in [0.25, 0.3) is 100 Å². The van der Waals surface area contributed by atoms with E-state index in [-0.39, 0.29) is 66.0 Å². The van der Waals surface area contributed by atoms with Crippen LogP contribution in [0, 0.1) is 31.7 Å². The van der Waals surface area contributed by atoms with Gasteiger partial charge in [0.2, 0.25) is 0 Å².